The summed E-state index contributed by atoms with van der Waals surface area (Å²) in [5.74, 6) is 0.307. The van der Waals surface area contributed by atoms with E-state index in [-0.39, 0.29) is 11.9 Å². The summed E-state index contributed by atoms with van der Waals surface area (Å²) >= 11 is 1.46. The third-order valence-electron chi connectivity index (χ3n) is 4.10. The maximum Gasteiger partial charge on any atom is 0.338 e. The zero-order valence-corrected chi connectivity index (χ0v) is 17.1. The average molecular weight is 404 g/mol. The number of aromatic nitrogens is 2. The van der Waals surface area contributed by atoms with Crippen molar-refractivity contribution in [2.45, 2.75) is 25.3 Å². The number of hydrogen-bond acceptors (Lipinski definition) is 8. The predicted octanol–water partition coefficient (Wildman–Crippen LogP) is 1.69. The average Bonchev–Trinajstić information content (AvgIpc) is 2.65. The largest absolute Gasteiger partial charge is 0.465 e. The van der Waals surface area contributed by atoms with Gasteiger partial charge in [-0.1, -0.05) is 6.07 Å². The summed E-state index contributed by atoms with van der Waals surface area (Å²) in [6, 6.07) is 5.43. The first-order valence-corrected chi connectivity index (χ1v) is 9.79. The van der Waals surface area contributed by atoms with Crippen LogP contribution >= 0.6 is 11.8 Å². The molecule has 1 aromatic heterocycles. The van der Waals surface area contributed by atoms with E-state index in [1.165, 1.54) is 18.9 Å². The summed E-state index contributed by atoms with van der Waals surface area (Å²) in [5, 5.41) is 3.49. The lowest BCUT2D eigenvalue weighted by Crippen LogP contribution is -2.27. The Balaban J connectivity index is 2.24. The van der Waals surface area contributed by atoms with E-state index in [4.69, 9.17) is 16.2 Å². The number of ether oxygens (including phenoxy) is 1. The van der Waals surface area contributed by atoms with Crippen molar-refractivity contribution in [3.63, 3.8) is 0 Å². The highest BCUT2D eigenvalue weighted by atomic mass is 32.2. The number of methoxy groups -OCH3 is 1. The van der Waals surface area contributed by atoms with E-state index >= 15 is 0 Å². The SMILES string of the molecule is COC(=O)c1ccc(C)c(-c2cc(SCCNC(=O)CCN)nc(N)n2)c1C. The Kier molecular flexibility index (Phi) is 7.77. The number of anilines is 1. The lowest BCUT2D eigenvalue weighted by Gasteiger charge is -2.14. The van der Waals surface area contributed by atoms with Crippen LogP contribution in [0.3, 0.4) is 0 Å². The molecule has 0 aliphatic rings. The van der Waals surface area contributed by atoms with Crippen LogP contribution in [0.15, 0.2) is 23.2 Å². The van der Waals surface area contributed by atoms with Crippen LogP contribution in [0, 0.1) is 13.8 Å². The Morgan fingerprint density at radius 3 is 2.68 bits per heavy atom. The van der Waals surface area contributed by atoms with Gasteiger partial charge in [-0.15, -0.1) is 11.8 Å². The molecular weight excluding hydrogens is 378 g/mol. The molecule has 1 amide bonds. The van der Waals surface area contributed by atoms with Crippen molar-refractivity contribution in [1.29, 1.82) is 0 Å². The smallest absolute Gasteiger partial charge is 0.338 e. The molecular formula is C19H25N5O3S. The van der Waals surface area contributed by atoms with Crippen molar-refractivity contribution < 1.29 is 14.3 Å². The Morgan fingerprint density at radius 1 is 1.25 bits per heavy atom. The number of benzene rings is 1. The summed E-state index contributed by atoms with van der Waals surface area (Å²) in [7, 11) is 1.35. The van der Waals surface area contributed by atoms with Crippen molar-refractivity contribution in [3.05, 3.63) is 34.9 Å². The number of rotatable bonds is 8. The summed E-state index contributed by atoms with van der Waals surface area (Å²) in [6.07, 6.45) is 0.310. The molecule has 0 spiro atoms. The van der Waals surface area contributed by atoms with Gasteiger partial charge in [0.2, 0.25) is 11.9 Å². The monoisotopic (exact) mass is 403 g/mol. The van der Waals surface area contributed by atoms with Crippen molar-refractivity contribution in [1.82, 2.24) is 15.3 Å². The topological polar surface area (TPSA) is 133 Å². The van der Waals surface area contributed by atoms with E-state index in [1.54, 1.807) is 6.07 Å². The maximum atomic E-state index is 12.0. The first-order valence-electron chi connectivity index (χ1n) is 8.80. The molecule has 0 aliphatic heterocycles. The van der Waals surface area contributed by atoms with E-state index in [0.717, 1.165) is 16.7 Å². The van der Waals surface area contributed by atoms with Gasteiger partial charge in [-0.2, -0.15) is 0 Å². The number of carbonyl (C=O) groups is 2. The minimum atomic E-state index is -0.399. The normalized spacial score (nSPS) is 10.6. The Hall–Kier alpha value is -2.65. The molecule has 0 bridgehead atoms. The number of carbonyl (C=O) groups excluding carboxylic acids is 2. The van der Waals surface area contributed by atoms with Crippen molar-refractivity contribution in [2.24, 2.45) is 5.73 Å². The fourth-order valence-corrected chi connectivity index (χ4v) is 3.55. The van der Waals surface area contributed by atoms with Crippen molar-refractivity contribution in [2.75, 3.05) is 31.7 Å². The summed E-state index contributed by atoms with van der Waals surface area (Å²) in [5.41, 5.74) is 14.9. The molecule has 0 saturated heterocycles. The fraction of sp³-hybridized carbons (Fsp3) is 0.368. The minimum Gasteiger partial charge on any atom is -0.465 e. The van der Waals surface area contributed by atoms with Crippen LogP contribution in [-0.2, 0) is 9.53 Å². The zero-order chi connectivity index (χ0) is 20.7. The number of amides is 1. The van der Waals surface area contributed by atoms with Crippen LogP contribution in [0.2, 0.25) is 0 Å². The lowest BCUT2D eigenvalue weighted by molar-refractivity contribution is -0.120. The number of nitrogens with two attached hydrogens (primary N) is 2. The third kappa shape index (κ3) is 5.43. The molecule has 2 rings (SSSR count). The highest BCUT2D eigenvalue weighted by Crippen LogP contribution is 2.31. The molecule has 0 atom stereocenters. The van der Waals surface area contributed by atoms with E-state index in [2.05, 4.69) is 15.3 Å². The zero-order valence-electron chi connectivity index (χ0n) is 16.2. The van der Waals surface area contributed by atoms with Gasteiger partial charge in [0.25, 0.3) is 0 Å². The first-order chi connectivity index (χ1) is 13.4. The van der Waals surface area contributed by atoms with E-state index in [1.807, 2.05) is 26.0 Å². The Bertz CT molecular complexity index is 873. The molecule has 150 valence electrons. The molecule has 0 radical (unpaired) electrons. The second-order valence-corrected chi connectivity index (χ2v) is 7.22. The molecule has 0 aliphatic carbocycles. The molecule has 5 N–H and O–H groups in total. The molecule has 28 heavy (non-hydrogen) atoms. The minimum absolute atomic E-state index is 0.0723. The number of aryl methyl sites for hydroxylation is 1. The van der Waals surface area contributed by atoms with Gasteiger partial charge in [0.15, 0.2) is 0 Å². The second kappa shape index (κ2) is 10.0. The molecule has 1 aromatic carbocycles. The highest BCUT2D eigenvalue weighted by Gasteiger charge is 2.17. The predicted molar refractivity (Wildman–Crippen MR) is 110 cm³/mol. The number of nitrogens with one attached hydrogen (secondary N) is 1. The van der Waals surface area contributed by atoms with Crippen LogP contribution < -0.4 is 16.8 Å². The van der Waals surface area contributed by atoms with Gasteiger partial charge < -0.3 is 21.5 Å². The fourth-order valence-electron chi connectivity index (χ4n) is 2.78. The number of thioether (sulfide) groups is 1. The third-order valence-corrected chi connectivity index (χ3v) is 5.01. The standard InChI is InChI=1S/C19H25N5O3S/c1-11-4-5-13(18(26)27-3)12(2)17(11)14-10-16(24-19(21)23-14)28-9-8-22-15(25)6-7-20/h4-5,10H,6-9,20H2,1-3H3,(H,22,25)(H2,21,23,24). The van der Waals surface area contributed by atoms with E-state index in [9.17, 15) is 9.59 Å². The van der Waals surface area contributed by atoms with E-state index in [0.29, 0.717) is 41.5 Å². The summed E-state index contributed by atoms with van der Waals surface area (Å²) in [6.45, 7) is 4.63. The van der Waals surface area contributed by atoms with Crippen molar-refractivity contribution in [3.8, 4) is 11.3 Å². The molecule has 9 heteroatoms. The highest BCUT2D eigenvalue weighted by molar-refractivity contribution is 7.99. The number of esters is 1. The van der Waals surface area contributed by atoms with Gasteiger partial charge in [-0.25, -0.2) is 14.8 Å². The van der Waals surface area contributed by atoms with Gasteiger partial charge in [0.05, 0.1) is 18.4 Å². The second-order valence-electron chi connectivity index (χ2n) is 6.11. The summed E-state index contributed by atoms with van der Waals surface area (Å²) in [4.78, 5) is 32.1. The quantitative estimate of drug-likeness (QED) is 0.262. The van der Waals surface area contributed by atoms with Crippen LogP contribution in [0.25, 0.3) is 11.3 Å². The van der Waals surface area contributed by atoms with Gasteiger partial charge in [0, 0.05) is 30.8 Å². The van der Waals surface area contributed by atoms with Gasteiger partial charge in [-0.3, -0.25) is 4.79 Å². The van der Waals surface area contributed by atoms with Crippen LogP contribution in [0.4, 0.5) is 5.95 Å². The first kappa shape index (κ1) is 21.6. The van der Waals surface area contributed by atoms with E-state index < -0.39 is 5.97 Å². The van der Waals surface area contributed by atoms with Crippen molar-refractivity contribution >= 4 is 29.6 Å². The van der Waals surface area contributed by atoms with Gasteiger partial charge >= 0.3 is 5.97 Å². The summed E-state index contributed by atoms with van der Waals surface area (Å²) < 4.78 is 4.85. The van der Waals surface area contributed by atoms with Gasteiger partial charge in [0.1, 0.15) is 5.03 Å². The number of nitrogen functional groups attached to an aromatic ring is 1. The molecule has 0 saturated carbocycles. The Morgan fingerprint density at radius 2 is 2.00 bits per heavy atom. The molecule has 1 heterocycles. The van der Waals surface area contributed by atoms with Crippen LogP contribution in [-0.4, -0.2) is 47.8 Å². The van der Waals surface area contributed by atoms with Crippen LogP contribution in [0.5, 0.6) is 0 Å². The molecule has 8 nitrogen and oxygen atoms in total. The van der Waals surface area contributed by atoms with Crippen LogP contribution in [0.1, 0.15) is 27.9 Å². The maximum absolute atomic E-state index is 12.0. The number of hydrogen-bond donors (Lipinski definition) is 3. The number of nitrogens with zero attached hydrogens (tertiary/aromatic N) is 2. The molecule has 0 unspecified atom stereocenters. The molecule has 2 aromatic rings. The van der Waals surface area contributed by atoms with Gasteiger partial charge in [-0.05, 0) is 37.1 Å². The Labute approximate surface area is 168 Å². The lowest BCUT2D eigenvalue weighted by atomic mass is 9.95. The molecule has 0 fully saturated rings.